The van der Waals surface area contributed by atoms with E-state index in [1.165, 1.54) is 5.56 Å². The van der Waals surface area contributed by atoms with Gasteiger partial charge in [0.2, 0.25) is 5.91 Å². The second-order valence-corrected chi connectivity index (χ2v) is 5.62. The molecule has 0 spiro atoms. The lowest BCUT2D eigenvalue weighted by Gasteiger charge is -2.34. The Balaban J connectivity index is 1.99. The predicted octanol–water partition coefficient (Wildman–Crippen LogP) is 2.09. The Hall–Kier alpha value is -2.33. The van der Waals surface area contributed by atoms with Gasteiger partial charge in [-0.3, -0.25) is 4.79 Å². The van der Waals surface area contributed by atoms with Crippen LogP contribution in [0.4, 0.5) is 0 Å². The van der Waals surface area contributed by atoms with Gasteiger partial charge in [-0.2, -0.15) is 0 Å². The Morgan fingerprint density at radius 3 is 2.73 bits per heavy atom. The topological polar surface area (TPSA) is 64.3 Å². The molecule has 1 heterocycles. The summed E-state index contributed by atoms with van der Waals surface area (Å²) in [5.41, 5.74) is 8.26. The predicted molar refractivity (Wildman–Crippen MR) is 86.2 cm³/mol. The molecule has 4 heteroatoms. The van der Waals surface area contributed by atoms with Gasteiger partial charge in [0, 0.05) is 23.1 Å². The quantitative estimate of drug-likeness (QED) is 0.908. The lowest BCUT2D eigenvalue weighted by molar-refractivity contribution is 0.1000. The molecule has 1 aliphatic rings. The van der Waals surface area contributed by atoms with Gasteiger partial charge in [0.05, 0.1) is 0 Å². The van der Waals surface area contributed by atoms with E-state index in [1.54, 1.807) is 6.07 Å². The normalized spacial score (nSPS) is 20.0. The first-order valence-corrected chi connectivity index (χ1v) is 7.47. The van der Waals surface area contributed by atoms with Gasteiger partial charge in [-0.05, 0) is 37.2 Å². The number of nitrogens with two attached hydrogens (primary N) is 1. The number of rotatable bonds is 4. The molecule has 2 aromatic rings. The van der Waals surface area contributed by atoms with Gasteiger partial charge in [-0.25, -0.2) is 0 Å². The number of benzene rings is 2. The Labute approximate surface area is 130 Å². The number of carbonyl (C=O) groups excluding carboxylic acids is 1. The molecule has 0 aromatic heterocycles. The highest BCUT2D eigenvalue weighted by molar-refractivity contribution is 5.93. The highest BCUT2D eigenvalue weighted by Gasteiger charge is 2.30. The summed E-state index contributed by atoms with van der Waals surface area (Å²) in [5.74, 6) is 0.681. The van der Waals surface area contributed by atoms with Gasteiger partial charge < -0.3 is 15.8 Å². The van der Waals surface area contributed by atoms with Gasteiger partial charge in [-0.15, -0.1) is 0 Å². The number of carbonyl (C=O) groups is 1. The zero-order valence-corrected chi connectivity index (χ0v) is 12.6. The fourth-order valence-electron chi connectivity index (χ4n) is 3.04. The van der Waals surface area contributed by atoms with Crippen molar-refractivity contribution < 1.29 is 9.53 Å². The number of likely N-dealkylation sites (N-methyl/N-ethyl adjacent to an activating group) is 1. The van der Waals surface area contributed by atoms with E-state index in [1.807, 2.05) is 37.4 Å². The van der Waals surface area contributed by atoms with Crippen LogP contribution in [0.1, 0.15) is 27.4 Å². The standard InChI is InChI=1S/C18H20N2O2/c1-20-16-11-22-17-8-7-13(18(19)21)10-15(17)14(16)9-12-5-3-2-4-6-12/h2-8,10,14,16,20H,9,11H2,1H3,(H2,19,21)/t14-,16+/m1/s1. The lowest BCUT2D eigenvalue weighted by atomic mass is 9.83. The minimum absolute atomic E-state index is 0.204. The van der Waals surface area contributed by atoms with Crippen molar-refractivity contribution in [3.8, 4) is 5.75 Å². The van der Waals surface area contributed by atoms with Crippen molar-refractivity contribution in [1.82, 2.24) is 5.32 Å². The summed E-state index contributed by atoms with van der Waals surface area (Å²) in [6, 6.07) is 16.0. The second-order valence-electron chi connectivity index (χ2n) is 5.62. The van der Waals surface area contributed by atoms with Crippen molar-refractivity contribution in [1.29, 1.82) is 0 Å². The Kier molecular flexibility index (Phi) is 4.11. The van der Waals surface area contributed by atoms with Crippen molar-refractivity contribution in [2.45, 2.75) is 18.4 Å². The third-order valence-corrected chi connectivity index (χ3v) is 4.27. The Morgan fingerprint density at radius 2 is 2.05 bits per heavy atom. The van der Waals surface area contributed by atoms with Crippen LogP contribution in [-0.2, 0) is 6.42 Å². The first-order chi connectivity index (χ1) is 10.7. The van der Waals surface area contributed by atoms with E-state index in [0.29, 0.717) is 12.2 Å². The third kappa shape index (κ3) is 2.83. The van der Waals surface area contributed by atoms with E-state index in [4.69, 9.17) is 10.5 Å². The van der Waals surface area contributed by atoms with Crippen LogP contribution >= 0.6 is 0 Å². The average Bonchev–Trinajstić information content (AvgIpc) is 2.55. The Bertz CT molecular complexity index is 670. The minimum atomic E-state index is -0.409. The zero-order valence-electron chi connectivity index (χ0n) is 12.6. The maximum Gasteiger partial charge on any atom is 0.248 e. The van der Waals surface area contributed by atoms with Crippen molar-refractivity contribution in [2.75, 3.05) is 13.7 Å². The molecular weight excluding hydrogens is 276 g/mol. The van der Waals surface area contributed by atoms with Crippen LogP contribution in [0.2, 0.25) is 0 Å². The van der Waals surface area contributed by atoms with Crippen molar-refractivity contribution >= 4 is 5.91 Å². The summed E-state index contributed by atoms with van der Waals surface area (Å²) < 4.78 is 5.82. The van der Waals surface area contributed by atoms with E-state index in [2.05, 4.69) is 17.4 Å². The van der Waals surface area contributed by atoms with Gasteiger partial charge in [0.1, 0.15) is 12.4 Å². The molecule has 1 aliphatic heterocycles. The smallest absolute Gasteiger partial charge is 0.248 e. The molecule has 2 aromatic carbocycles. The molecule has 0 fully saturated rings. The van der Waals surface area contributed by atoms with Gasteiger partial charge in [0.25, 0.3) is 0 Å². The highest BCUT2D eigenvalue weighted by atomic mass is 16.5. The molecule has 0 saturated carbocycles. The number of nitrogens with one attached hydrogen (secondary N) is 1. The van der Waals surface area contributed by atoms with Crippen LogP contribution in [0.25, 0.3) is 0 Å². The first-order valence-electron chi connectivity index (χ1n) is 7.47. The zero-order chi connectivity index (χ0) is 15.5. The van der Waals surface area contributed by atoms with E-state index >= 15 is 0 Å². The maximum atomic E-state index is 11.5. The van der Waals surface area contributed by atoms with E-state index in [0.717, 1.165) is 17.7 Å². The maximum absolute atomic E-state index is 11.5. The van der Waals surface area contributed by atoms with Crippen molar-refractivity contribution in [3.05, 3.63) is 65.2 Å². The molecule has 2 atom stereocenters. The molecule has 0 bridgehead atoms. The summed E-state index contributed by atoms with van der Waals surface area (Å²) in [6.45, 7) is 0.622. The summed E-state index contributed by atoms with van der Waals surface area (Å²) in [6.07, 6.45) is 0.894. The molecule has 22 heavy (non-hydrogen) atoms. The number of amides is 1. The van der Waals surface area contributed by atoms with Crippen molar-refractivity contribution in [2.24, 2.45) is 5.73 Å². The van der Waals surface area contributed by atoms with Gasteiger partial charge in [-0.1, -0.05) is 30.3 Å². The number of hydrogen-bond donors (Lipinski definition) is 2. The minimum Gasteiger partial charge on any atom is -0.492 e. The molecule has 1 amide bonds. The van der Waals surface area contributed by atoms with Crippen LogP contribution in [-0.4, -0.2) is 25.6 Å². The molecule has 3 N–H and O–H groups in total. The van der Waals surface area contributed by atoms with Crippen LogP contribution in [0, 0.1) is 0 Å². The summed E-state index contributed by atoms with van der Waals surface area (Å²) >= 11 is 0. The van der Waals surface area contributed by atoms with E-state index in [9.17, 15) is 4.79 Å². The molecule has 114 valence electrons. The summed E-state index contributed by atoms with van der Waals surface area (Å²) in [7, 11) is 1.94. The van der Waals surface area contributed by atoms with Crippen LogP contribution in [0.3, 0.4) is 0 Å². The largest absolute Gasteiger partial charge is 0.492 e. The average molecular weight is 296 g/mol. The number of fused-ring (bicyclic) bond motifs is 1. The molecule has 0 radical (unpaired) electrons. The monoisotopic (exact) mass is 296 g/mol. The van der Waals surface area contributed by atoms with Gasteiger partial charge in [0.15, 0.2) is 0 Å². The van der Waals surface area contributed by atoms with Crippen molar-refractivity contribution in [3.63, 3.8) is 0 Å². The Morgan fingerprint density at radius 1 is 1.27 bits per heavy atom. The van der Waals surface area contributed by atoms with Crippen LogP contribution in [0.5, 0.6) is 5.75 Å². The molecule has 3 rings (SSSR count). The molecule has 0 saturated heterocycles. The fraction of sp³-hybridized carbons (Fsp3) is 0.278. The molecule has 0 aliphatic carbocycles. The molecule has 0 unspecified atom stereocenters. The van der Waals surface area contributed by atoms with E-state index < -0.39 is 5.91 Å². The lowest BCUT2D eigenvalue weighted by Crippen LogP contribution is -2.41. The van der Waals surface area contributed by atoms with Crippen LogP contribution in [0.15, 0.2) is 48.5 Å². The number of primary amides is 1. The fourth-order valence-corrected chi connectivity index (χ4v) is 3.04. The first kappa shape index (κ1) is 14.6. The number of hydrogen-bond acceptors (Lipinski definition) is 3. The third-order valence-electron chi connectivity index (χ3n) is 4.27. The van der Waals surface area contributed by atoms with Crippen LogP contribution < -0.4 is 15.8 Å². The summed E-state index contributed by atoms with van der Waals surface area (Å²) in [4.78, 5) is 11.5. The molecule has 4 nitrogen and oxygen atoms in total. The summed E-state index contributed by atoms with van der Waals surface area (Å²) in [5, 5.41) is 3.32. The molecular formula is C18H20N2O2. The second kappa shape index (κ2) is 6.20. The highest BCUT2D eigenvalue weighted by Crippen LogP contribution is 2.36. The van der Waals surface area contributed by atoms with Gasteiger partial charge >= 0.3 is 0 Å². The number of ether oxygens (including phenoxy) is 1. The SMILES string of the molecule is CN[C@H]1COc2ccc(C(N)=O)cc2[C@H]1Cc1ccccc1. The van der Waals surface area contributed by atoms with E-state index in [-0.39, 0.29) is 12.0 Å².